The van der Waals surface area contributed by atoms with Crippen molar-refractivity contribution in [2.24, 2.45) is 0 Å². The van der Waals surface area contributed by atoms with E-state index in [0.717, 1.165) is 0 Å². The molecule has 1 aromatic carbocycles. The van der Waals surface area contributed by atoms with Gasteiger partial charge < -0.3 is 15.2 Å². The molecule has 0 bridgehead atoms. The number of terminal acetylenes is 1. The molecule has 0 fully saturated rings. The second-order valence-corrected chi connectivity index (χ2v) is 2.64. The zero-order valence-electron chi connectivity index (χ0n) is 7.90. The fraction of sp³-hybridized carbons (Fsp3) is 0.273. The Kier molecular flexibility index (Phi) is 4.39. The van der Waals surface area contributed by atoms with E-state index >= 15 is 0 Å². The molecule has 74 valence electrons. The van der Waals surface area contributed by atoms with Gasteiger partial charge in [0, 0.05) is 0 Å². The van der Waals surface area contributed by atoms with Crippen LogP contribution in [0.15, 0.2) is 24.3 Å². The molecule has 1 rings (SSSR count). The Morgan fingerprint density at radius 1 is 1.29 bits per heavy atom. The monoisotopic (exact) mass is 191 g/mol. The molecule has 0 atom stereocenters. The molecule has 0 aromatic heterocycles. The Morgan fingerprint density at radius 3 is 2.79 bits per heavy atom. The van der Waals surface area contributed by atoms with Crippen LogP contribution in [0.1, 0.15) is 0 Å². The van der Waals surface area contributed by atoms with Gasteiger partial charge >= 0.3 is 0 Å². The Morgan fingerprint density at radius 2 is 2.07 bits per heavy atom. The van der Waals surface area contributed by atoms with Gasteiger partial charge in [0.2, 0.25) is 0 Å². The lowest BCUT2D eigenvalue weighted by Crippen LogP contribution is -2.07. The van der Waals surface area contributed by atoms with Gasteiger partial charge in [0.05, 0.1) is 12.3 Å². The lowest BCUT2D eigenvalue weighted by atomic mass is 10.3. The number of hydrogen-bond donors (Lipinski definition) is 1. The van der Waals surface area contributed by atoms with Crippen molar-refractivity contribution in [3.8, 4) is 18.1 Å². The number of nitrogens with two attached hydrogens (primary N) is 1. The van der Waals surface area contributed by atoms with Crippen LogP contribution in [0.4, 0.5) is 5.69 Å². The standard InChI is InChI=1S/C11H13NO2/c1-2-7-13-8-9-14-11-6-4-3-5-10(11)12/h1,3-6H,7-9,12H2. The number of anilines is 1. The predicted molar refractivity (Wildman–Crippen MR) is 56.0 cm³/mol. The van der Waals surface area contributed by atoms with Crippen LogP contribution in [0, 0.1) is 12.3 Å². The Labute approximate surface area is 83.8 Å². The van der Waals surface area contributed by atoms with E-state index in [2.05, 4.69) is 5.92 Å². The molecule has 0 unspecified atom stereocenters. The van der Waals surface area contributed by atoms with Gasteiger partial charge in [0.1, 0.15) is 19.0 Å². The molecule has 0 saturated heterocycles. The highest BCUT2D eigenvalue weighted by Crippen LogP contribution is 2.19. The minimum Gasteiger partial charge on any atom is -0.489 e. The summed E-state index contributed by atoms with van der Waals surface area (Å²) in [5.74, 6) is 3.05. The predicted octanol–water partition coefficient (Wildman–Crippen LogP) is 1.30. The topological polar surface area (TPSA) is 44.5 Å². The van der Waals surface area contributed by atoms with Gasteiger partial charge in [-0.1, -0.05) is 18.1 Å². The Bertz CT molecular complexity index is 317. The maximum Gasteiger partial charge on any atom is 0.142 e. The fourth-order valence-electron chi connectivity index (χ4n) is 0.954. The van der Waals surface area contributed by atoms with Crippen LogP contribution in [-0.2, 0) is 4.74 Å². The van der Waals surface area contributed by atoms with Crippen molar-refractivity contribution in [2.75, 3.05) is 25.6 Å². The summed E-state index contributed by atoms with van der Waals surface area (Å²) < 4.78 is 10.4. The van der Waals surface area contributed by atoms with Crippen LogP contribution in [0.3, 0.4) is 0 Å². The van der Waals surface area contributed by atoms with Crippen LogP contribution in [0.25, 0.3) is 0 Å². The highest BCUT2D eigenvalue weighted by Gasteiger charge is 1.96. The second-order valence-electron chi connectivity index (χ2n) is 2.64. The molecule has 3 heteroatoms. The third-order valence-corrected chi connectivity index (χ3v) is 1.59. The largest absolute Gasteiger partial charge is 0.489 e. The summed E-state index contributed by atoms with van der Waals surface area (Å²) >= 11 is 0. The SMILES string of the molecule is C#CCOCCOc1ccccc1N. The van der Waals surface area contributed by atoms with Gasteiger partial charge in [-0.2, -0.15) is 0 Å². The number of nitrogen functional groups attached to an aromatic ring is 1. The van der Waals surface area contributed by atoms with Crippen molar-refractivity contribution in [1.29, 1.82) is 0 Å². The van der Waals surface area contributed by atoms with E-state index in [9.17, 15) is 0 Å². The molecule has 0 amide bonds. The van der Waals surface area contributed by atoms with E-state index in [-0.39, 0.29) is 0 Å². The van der Waals surface area contributed by atoms with Crippen molar-refractivity contribution in [1.82, 2.24) is 0 Å². The number of para-hydroxylation sites is 2. The first-order valence-electron chi connectivity index (χ1n) is 4.33. The van der Waals surface area contributed by atoms with Gasteiger partial charge in [0.25, 0.3) is 0 Å². The lowest BCUT2D eigenvalue weighted by Gasteiger charge is -2.07. The van der Waals surface area contributed by atoms with Crippen LogP contribution >= 0.6 is 0 Å². The van der Waals surface area contributed by atoms with Gasteiger partial charge in [0.15, 0.2) is 0 Å². The number of hydrogen-bond acceptors (Lipinski definition) is 3. The molecule has 0 spiro atoms. The average molecular weight is 191 g/mol. The Balaban J connectivity index is 2.25. The zero-order chi connectivity index (χ0) is 10.2. The van der Waals surface area contributed by atoms with E-state index in [1.807, 2.05) is 18.2 Å². The van der Waals surface area contributed by atoms with Gasteiger partial charge in [-0.3, -0.25) is 0 Å². The molecule has 0 aliphatic heterocycles. The normalized spacial score (nSPS) is 9.36. The van der Waals surface area contributed by atoms with Crippen LogP contribution in [-0.4, -0.2) is 19.8 Å². The highest BCUT2D eigenvalue weighted by atomic mass is 16.5. The molecule has 1 aromatic rings. The second kappa shape index (κ2) is 5.90. The van der Waals surface area contributed by atoms with Crippen molar-refractivity contribution < 1.29 is 9.47 Å². The zero-order valence-corrected chi connectivity index (χ0v) is 7.90. The van der Waals surface area contributed by atoms with E-state index in [0.29, 0.717) is 31.3 Å². The molecule has 0 radical (unpaired) electrons. The molecule has 0 heterocycles. The molecule has 14 heavy (non-hydrogen) atoms. The quantitative estimate of drug-likeness (QED) is 0.433. The van der Waals surface area contributed by atoms with E-state index in [1.54, 1.807) is 6.07 Å². The molecule has 3 nitrogen and oxygen atoms in total. The maximum absolute atomic E-state index is 5.66. The third-order valence-electron chi connectivity index (χ3n) is 1.59. The molecule has 0 saturated carbocycles. The average Bonchev–Trinajstić information content (AvgIpc) is 2.20. The lowest BCUT2D eigenvalue weighted by molar-refractivity contribution is 0.125. The summed E-state index contributed by atoms with van der Waals surface area (Å²) in [7, 11) is 0. The van der Waals surface area contributed by atoms with Crippen molar-refractivity contribution in [2.45, 2.75) is 0 Å². The molecule has 0 aliphatic carbocycles. The van der Waals surface area contributed by atoms with Crippen molar-refractivity contribution in [3.05, 3.63) is 24.3 Å². The van der Waals surface area contributed by atoms with Gasteiger partial charge in [-0.25, -0.2) is 0 Å². The first kappa shape index (κ1) is 10.4. The maximum atomic E-state index is 5.66. The van der Waals surface area contributed by atoms with Gasteiger partial charge in [-0.15, -0.1) is 6.42 Å². The van der Waals surface area contributed by atoms with Gasteiger partial charge in [-0.05, 0) is 12.1 Å². The highest BCUT2D eigenvalue weighted by molar-refractivity contribution is 5.51. The minimum absolute atomic E-state index is 0.313. The smallest absolute Gasteiger partial charge is 0.142 e. The van der Waals surface area contributed by atoms with Crippen LogP contribution in [0.2, 0.25) is 0 Å². The van der Waals surface area contributed by atoms with Crippen molar-refractivity contribution in [3.63, 3.8) is 0 Å². The fourth-order valence-corrected chi connectivity index (χ4v) is 0.954. The summed E-state index contributed by atoms with van der Waals surface area (Å²) in [4.78, 5) is 0. The number of benzene rings is 1. The summed E-state index contributed by atoms with van der Waals surface area (Å²) in [6.45, 7) is 1.24. The summed E-state index contributed by atoms with van der Waals surface area (Å²) in [6, 6.07) is 7.33. The third kappa shape index (κ3) is 3.38. The number of ether oxygens (including phenoxy) is 2. The summed E-state index contributed by atoms with van der Waals surface area (Å²) in [5, 5.41) is 0. The van der Waals surface area contributed by atoms with E-state index < -0.39 is 0 Å². The molecule has 0 aliphatic rings. The summed E-state index contributed by atoms with van der Waals surface area (Å²) in [5.41, 5.74) is 6.29. The molecule has 2 N–H and O–H groups in total. The van der Waals surface area contributed by atoms with Crippen molar-refractivity contribution >= 4 is 5.69 Å². The molecular formula is C11H13NO2. The van der Waals surface area contributed by atoms with E-state index in [1.165, 1.54) is 0 Å². The first-order valence-corrected chi connectivity index (χ1v) is 4.33. The summed E-state index contributed by atoms with van der Waals surface area (Å²) in [6.07, 6.45) is 5.01. The first-order chi connectivity index (χ1) is 6.84. The number of rotatable bonds is 5. The Hall–Kier alpha value is -1.66. The molecular weight excluding hydrogens is 178 g/mol. The van der Waals surface area contributed by atoms with Crippen LogP contribution < -0.4 is 10.5 Å². The van der Waals surface area contributed by atoms with E-state index in [4.69, 9.17) is 21.6 Å². The minimum atomic E-state index is 0.313. The van der Waals surface area contributed by atoms with Crippen LogP contribution in [0.5, 0.6) is 5.75 Å².